The van der Waals surface area contributed by atoms with Crippen molar-refractivity contribution in [1.82, 2.24) is 4.90 Å². The summed E-state index contributed by atoms with van der Waals surface area (Å²) in [5.74, 6) is -0.538. The lowest BCUT2D eigenvalue weighted by Gasteiger charge is -2.41. The molecule has 1 amide bonds. The fraction of sp³-hybridized carbons (Fsp3) is 0.833. The molecule has 1 N–H and O–H groups in total. The molecule has 5 nitrogen and oxygen atoms in total. The third-order valence-electron chi connectivity index (χ3n) is 3.97. The number of thioether (sulfide) groups is 1. The number of carbonyl (C=O) groups is 2. The number of ether oxygens (including phenoxy) is 1. The first-order valence-corrected chi connectivity index (χ1v) is 7.25. The minimum Gasteiger partial charge on any atom is -0.480 e. The highest BCUT2D eigenvalue weighted by molar-refractivity contribution is 8.00. The minimum atomic E-state index is -0.916. The normalized spacial score (nSPS) is 30.0. The molecule has 102 valence electrons. The lowest BCUT2D eigenvalue weighted by Crippen LogP contribution is -2.50. The van der Waals surface area contributed by atoms with Gasteiger partial charge in [0.2, 0.25) is 5.91 Å². The molecule has 2 unspecified atom stereocenters. The summed E-state index contributed by atoms with van der Waals surface area (Å²) in [6.07, 6.45) is 3.16. The lowest BCUT2D eigenvalue weighted by molar-refractivity contribution is -0.154. The van der Waals surface area contributed by atoms with Crippen LogP contribution >= 0.6 is 11.8 Å². The smallest absolute Gasteiger partial charge is 0.327 e. The van der Waals surface area contributed by atoms with E-state index in [9.17, 15) is 9.59 Å². The molecule has 1 aliphatic carbocycles. The molecule has 0 aromatic heterocycles. The molecular weight excluding hydrogens is 254 g/mol. The average Bonchev–Trinajstić information content (AvgIpc) is 2.65. The number of hydrogen-bond donors (Lipinski definition) is 1. The van der Waals surface area contributed by atoms with Gasteiger partial charge in [-0.25, -0.2) is 4.79 Å². The van der Waals surface area contributed by atoms with Crippen LogP contribution in [0, 0.1) is 0 Å². The van der Waals surface area contributed by atoms with Crippen LogP contribution in [0.3, 0.4) is 0 Å². The van der Waals surface area contributed by atoms with E-state index in [0.717, 1.165) is 19.3 Å². The Labute approximate surface area is 111 Å². The van der Waals surface area contributed by atoms with Crippen molar-refractivity contribution in [2.24, 2.45) is 0 Å². The molecule has 1 saturated carbocycles. The molecule has 2 aliphatic rings. The monoisotopic (exact) mass is 273 g/mol. The fourth-order valence-corrected chi connectivity index (χ4v) is 3.79. The van der Waals surface area contributed by atoms with Crippen molar-refractivity contribution in [3.63, 3.8) is 0 Å². The Kier molecular flexibility index (Phi) is 3.87. The van der Waals surface area contributed by atoms with E-state index in [1.54, 1.807) is 7.11 Å². The van der Waals surface area contributed by atoms with Gasteiger partial charge in [0, 0.05) is 12.9 Å². The summed E-state index contributed by atoms with van der Waals surface area (Å²) in [5, 5.41) is 9.08. The van der Waals surface area contributed by atoms with Gasteiger partial charge in [-0.3, -0.25) is 4.79 Å². The van der Waals surface area contributed by atoms with Gasteiger partial charge >= 0.3 is 5.97 Å². The second-order valence-electron chi connectivity index (χ2n) is 5.01. The number of carbonyl (C=O) groups excluding carboxylic acids is 1. The Balaban J connectivity index is 2.05. The van der Waals surface area contributed by atoms with Crippen LogP contribution in [-0.2, 0) is 14.3 Å². The van der Waals surface area contributed by atoms with Crippen LogP contribution in [0.2, 0.25) is 0 Å². The van der Waals surface area contributed by atoms with Crippen molar-refractivity contribution in [1.29, 1.82) is 0 Å². The van der Waals surface area contributed by atoms with Crippen LogP contribution in [-0.4, -0.2) is 51.8 Å². The predicted octanol–water partition coefficient (Wildman–Crippen LogP) is 1.32. The van der Waals surface area contributed by atoms with Gasteiger partial charge in [-0.1, -0.05) is 0 Å². The van der Waals surface area contributed by atoms with E-state index in [2.05, 4.69) is 0 Å². The third-order valence-corrected chi connectivity index (χ3v) is 5.18. The Morgan fingerprint density at radius 2 is 2.17 bits per heavy atom. The SMILES string of the molecule is COC1(CC(=O)N2C(C)SCC2C(=O)O)CCC1. The maximum atomic E-state index is 12.3. The topological polar surface area (TPSA) is 66.8 Å². The third kappa shape index (κ3) is 2.36. The van der Waals surface area contributed by atoms with Gasteiger partial charge in [0.05, 0.1) is 17.4 Å². The largest absolute Gasteiger partial charge is 0.480 e. The molecule has 0 aromatic carbocycles. The number of methoxy groups -OCH3 is 1. The highest BCUT2D eigenvalue weighted by atomic mass is 32.2. The summed E-state index contributed by atoms with van der Waals surface area (Å²) >= 11 is 1.51. The molecular formula is C12H19NO4S. The summed E-state index contributed by atoms with van der Waals surface area (Å²) < 4.78 is 5.43. The Hall–Kier alpha value is -0.750. The van der Waals surface area contributed by atoms with Crippen LogP contribution in [0.25, 0.3) is 0 Å². The van der Waals surface area contributed by atoms with Crippen molar-refractivity contribution < 1.29 is 19.4 Å². The molecule has 0 aromatic rings. The lowest BCUT2D eigenvalue weighted by atomic mass is 9.77. The van der Waals surface area contributed by atoms with Gasteiger partial charge in [-0.2, -0.15) is 0 Å². The second kappa shape index (κ2) is 5.09. The van der Waals surface area contributed by atoms with Crippen molar-refractivity contribution >= 4 is 23.6 Å². The molecule has 18 heavy (non-hydrogen) atoms. The summed E-state index contributed by atoms with van der Waals surface area (Å²) in [7, 11) is 1.63. The number of hydrogen-bond acceptors (Lipinski definition) is 4. The van der Waals surface area contributed by atoms with Gasteiger partial charge in [0.25, 0.3) is 0 Å². The first-order chi connectivity index (χ1) is 8.49. The van der Waals surface area contributed by atoms with E-state index < -0.39 is 12.0 Å². The molecule has 2 rings (SSSR count). The van der Waals surface area contributed by atoms with E-state index in [-0.39, 0.29) is 16.9 Å². The van der Waals surface area contributed by atoms with E-state index in [1.807, 2.05) is 6.92 Å². The minimum absolute atomic E-state index is 0.0624. The number of rotatable bonds is 4. The highest BCUT2D eigenvalue weighted by Crippen LogP contribution is 2.40. The summed E-state index contributed by atoms with van der Waals surface area (Å²) in [5.41, 5.74) is -0.340. The van der Waals surface area contributed by atoms with E-state index in [1.165, 1.54) is 16.7 Å². The van der Waals surface area contributed by atoms with E-state index in [4.69, 9.17) is 9.84 Å². The number of nitrogens with zero attached hydrogens (tertiary/aromatic N) is 1. The Bertz CT molecular complexity index is 350. The van der Waals surface area contributed by atoms with E-state index >= 15 is 0 Å². The zero-order chi connectivity index (χ0) is 13.3. The standard InChI is InChI=1S/C12H19NO4S/c1-8-13(9(7-18-8)11(15)16)10(14)6-12(17-2)4-3-5-12/h8-9H,3-7H2,1-2H3,(H,15,16). The van der Waals surface area contributed by atoms with Crippen LogP contribution in [0.15, 0.2) is 0 Å². The number of amides is 1. The summed E-state index contributed by atoms with van der Waals surface area (Å²) in [6, 6.07) is -0.688. The number of carboxylic acids is 1. The molecule has 2 fully saturated rings. The van der Waals surface area contributed by atoms with Crippen molar-refractivity contribution in [2.45, 2.75) is 49.6 Å². The molecule has 0 radical (unpaired) electrons. The predicted molar refractivity (Wildman–Crippen MR) is 68.4 cm³/mol. The second-order valence-corrected chi connectivity index (χ2v) is 6.35. The first-order valence-electron chi connectivity index (χ1n) is 6.20. The van der Waals surface area contributed by atoms with Gasteiger partial charge in [-0.05, 0) is 26.2 Å². The quantitative estimate of drug-likeness (QED) is 0.836. The number of carboxylic acid groups (broad SMARTS) is 1. The fourth-order valence-electron chi connectivity index (χ4n) is 2.60. The molecule has 0 bridgehead atoms. The van der Waals surface area contributed by atoms with Gasteiger partial charge in [0.1, 0.15) is 6.04 Å². The van der Waals surface area contributed by atoms with Crippen LogP contribution in [0.1, 0.15) is 32.6 Å². The van der Waals surface area contributed by atoms with Crippen molar-refractivity contribution in [2.75, 3.05) is 12.9 Å². The van der Waals surface area contributed by atoms with Crippen molar-refractivity contribution in [3.8, 4) is 0 Å². The first kappa shape index (κ1) is 13.7. The highest BCUT2D eigenvalue weighted by Gasteiger charge is 2.45. The summed E-state index contributed by atoms with van der Waals surface area (Å²) in [6.45, 7) is 1.88. The molecule has 2 atom stereocenters. The molecule has 6 heteroatoms. The molecule has 1 saturated heterocycles. The van der Waals surface area contributed by atoms with Crippen LogP contribution < -0.4 is 0 Å². The Morgan fingerprint density at radius 1 is 1.50 bits per heavy atom. The molecule has 0 spiro atoms. The molecule has 1 aliphatic heterocycles. The average molecular weight is 273 g/mol. The maximum Gasteiger partial charge on any atom is 0.327 e. The van der Waals surface area contributed by atoms with Gasteiger partial charge in [-0.15, -0.1) is 11.8 Å². The van der Waals surface area contributed by atoms with E-state index in [0.29, 0.717) is 12.2 Å². The molecule has 1 heterocycles. The van der Waals surface area contributed by atoms with Crippen molar-refractivity contribution in [3.05, 3.63) is 0 Å². The Morgan fingerprint density at radius 3 is 2.61 bits per heavy atom. The maximum absolute atomic E-state index is 12.3. The van der Waals surface area contributed by atoms with Gasteiger partial charge in [0.15, 0.2) is 0 Å². The zero-order valence-electron chi connectivity index (χ0n) is 10.7. The van der Waals surface area contributed by atoms with Crippen LogP contribution in [0.4, 0.5) is 0 Å². The van der Waals surface area contributed by atoms with Crippen LogP contribution in [0.5, 0.6) is 0 Å². The zero-order valence-corrected chi connectivity index (χ0v) is 11.5. The number of aliphatic carboxylic acids is 1. The van der Waals surface area contributed by atoms with Gasteiger partial charge < -0.3 is 14.7 Å². The summed E-state index contributed by atoms with van der Waals surface area (Å²) in [4.78, 5) is 25.0.